The molecule has 5 rings (SSSR count). The average molecular weight is 442 g/mol. The largest absolute Gasteiger partial charge is 0.377 e. The van der Waals surface area contributed by atoms with Crippen LogP contribution < -0.4 is 4.90 Å². The monoisotopic (exact) mass is 441 g/mol. The Hall–Kier alpha value is -2.97. The van der Waals surface area contributed by atoms with Gasteiger partial charge in [-0.2, -0.15) is 20.1 Å². The number of pyridine rings is 1. The Bertz CT molecular complexity index is 1250. The van der Waals surface area contributed by atoms with Crippen molar-refractivity contribution in [2.75, 3.05) is 36.2 Å². The minimum absolute atomic E-state index is 0.00233. The lowest BCUT2D eigenvalue weighted by Gasteiger charge is -2.36. The second kappa shape index (κ2) is 7.32. The molecular formula is C20H23N7O3S. The standard InChI is InChI=1S/C20H23N7O3S/c1-14-12-30-7-6-26(14)18-10-16(20(13-21)3-8-31(28,29)9-4-20)15-11-23-27(19(15)24-18)17-2-5-22-25-17/h2,5,10-11,14H,3-4,6-9,12H2,1H3,(H,22,25)/t14-/m1/s1. The number of nitriles is 1. The topological polar surface area (TPSA) is 130 Å². The van der Waals surface area contributed by atoms with Gasteiger partial charge < -0.3 is 9.64 Å². The molecule has 2 saturated heterocycles. The lowest BCUT2D eigenvalue weighted by atomic mass is 9.76. The normalized spacial score (nSPS) is 23.0. The first kappa shape index (κ1) is 20.0. The quantitative estimate of drug-likeness (QED) is 0.644. The van der Waals surface area contributed by atoms with Gasteiger partial charge in [-0.1, -0.05) is 0 Å². The molecule has 0 saturated carbocycles. The van der Waals surface area contributed by atoms with E-state index >= 15 is 0 Å². The second-order valence-electron chi connectivity index (χ2n) is 8.23. The van der Waals surface area contributed by atoms with Crippen molar-refractivity contribution >= 4 is 26.7 Å². The molecule has 162 valence electrons. The van der Waals surface area contributed by atoms with Crippen LogP contribution in [-0.4, -0.2) is 70.7 Å². The van der Waals surface area contributed by atoms with Gasteiger partial charge in [0, 0.05) is 18.0 Å². The van der Waals surface area contributed by atoms with Gasteiger partial charge >= 0.3 is 0 Å². The maximum absolute atomic E-state index is 12.1. The van der Waals surface area contributed by atoms with E-state index in [1.165, 1.54) is 0 Å². The van der Waals surface area contributed by atoms with Crippen LogP contribution in [0.25, 0.3) is 16.9 Å². The van der Waals surface area contributed by atoms with Gasteiger partial charge in [0.05, 0.1) is 54.6 Å². The lowest BCUT2D eigenvalue weighted by molar-refractivity contribution is 0.0985. The predicted octanol–water partition coefficient (Wildman–Crippen LogP) is 1.34. The fourth-order valence-electron chi connectivity index (χ4n) is 4.47. The summed E-state index contributed by atoms with van der Waals surface area (Å²) >= 11 is 0. The van der Waals surface area contributed by atoms with Crippen molar-refractivity contribution in [1.82, 2.24) is 25.0 Å². The number of morpholine rings is 1. The number of ether oxygens (including phenoxy) is 1. The fraction of sp³-hybridized carbons (Fsp3) is 0.500. The summed E-state index contributed by atoms with van der Waals surface area (Å²) in [6.45, 7) is 3.95. The first-order chi connectivity index (χ1) is 14.9. The maximum Gasteiger partial charge on any atom is 0.167 e. The third-order valence-corrected chi connectivity index (χ3v) is 7.97. The third-order valence-electron chi connectivity index (χ3n) is 6.31. The van der Waals surface area contributed by atoms with Crippen LogP contribution in [0, 0.1) is 11.3 Å². The van der Waals surface area contributed by atoms with Crippen molar-refractivity contribution in [3.05, 3.63) is 30.1 Å². The molecule has 11 heteroatoms. The van der Waals surface area contributed by atoms with Crippen LogP contribution in [-0.2, 0) is 20.0 Å². The number of aromatic nitrogens is 5. The Labute approximate surface area is 179 Å². The van der Waals surface area contributed by atoms with E-state index in [4.69, 9.17) is 9.72 Å². The van der Waals surface area contributed by atoms with Crippen molar-refractivity contribution in [2.45, 2.75) is 31.2 Å². The molecule has 31 heavy (non-hydrogen) atoms. The van der Waals surface area contributed by atoms with E-state index in [-0.39, 0.29) is 30.4 Å². The summed E-state index contributed by atoms with van der Waals surface area (Å²) in [6, 6.07) is 6.33. The smallest absolute Gasteiger partial charge is 0.167 e. The van der Waals surface area contributed by atoms with Crippen LogP contribution in [0.15, 0.2) is 24.5 Å². The van der Waals surface area contributed by atoms with Crippen LogP contribution in [0.2, 0.25) is 0 Å². The van der Waals surface area contributed by atoms with Crippen molar-refractivity contribution in [3.63, 3.8) is 0 Å². The Kier molecular flexibility index (Phi) is 4.71. The van der Waals surface area contributed by atoms with Crippen LogP contribution in [0.4, 0.5) is 5.82 Å². The van der Waals surface area contributed by atoms with E-state index in [0.29, 0.717) is 31.2 Å². The Morgan fingerprint density at radius 3 is 2.84 bits per heavy atom. The molecule has 0 radical (unpaired) electrons. The predicted molar refractivity (Wildman–Crippen MR) is 114 cm³/mol. The highest BCUT2D eigenvalue weighted by Crippen LogP contribution is 2.41. The van der Waals surface area contributed by atoms with E-state index < -0.39 is 15.3 Å². The van der Waals surface area contributed by atoms with Crippen LogP contribution in [0.5, 0.6) is 0 Å². The van der Waals surface area contributed by atoms with Gasteiger partial charge in [0.15, 0.2) is 11.5 Å². The van der Waals surface area contributed by atoms with Gasteiger partial charge in [-0.15, -0.1) is 0 Å². The van der Waals surface area contributed by atoms with E-state index in [2.05, 4.69) is 33.2 Å². The van der Waals surface area contributed by atoms with Gasteiger partial charge in [0.2, 0.25) is 0 Å². The van der Waals surface area contributed by atoms with E-state index in [1.54, 1.807) is 23.1 Å². The molecule has 0 unspecified atom stereocenters. The summed E-state index contributed by atoms with van der Waals surface area (Å²) < 4.78 is 31.4. The zero-order valence-corrected chi connectivity index (χ0v) is 18.0. The number of hydrogen-bond donors (Lipinski definition) is 1. The summed E-state index contributed by atoms with van der Waals surface area (Å²) in [7, 11) is -3.12. The molecule has 2 aliphatic heterocycles. The van der Waals surface area contributed by atoms with Gasteiger partial charge in [-0.05, 0) is 31.4 Å². The number of anilines is 1. The molecule has 2 aliphatic rings. The average Bonchev–Trinajstić information content (AvgIpc) is 3.43. The van der Waals surface area contributed by atoms with Gasteiger partial charge in [0.25, 0.3) is 0 Å². The molecule has 10 nitrogen and oxygen atoms in total. The number of aromatic amines is 1. The number of fused-ring (bicyclic) bond motifs is 1. The van der Waals surface area contributed by atoms with Gasteiger partial charge in [0.1, 0.15) is 15.7 Å². The SMILES string of the molecule is C[C@@H]1COCCN1c1cc(C2(C#N)CCS(=O)(=O)CC2)c2cnn(-c3ccn[nH]3)c2n1. The number of hydrogen-bond acceptors (Lipinski definition) is 8. The van der Waals surface area contributed by atoms with E-state index in [0.717, 1.165) is 16.8 Å². The Balaban J connectivity index is 1.72. The molecular weight excluding hydrogens is 418 g/mol. The molecule has 2 fully saturated rings. The highest BCUT2D eigenvalue weighted by atomic mass is 32.2. The lowest BCUT2D eigenvalue weighted by Crippen LogP contribution is -2.44. The number of sulfone groups is 1. The fourth-order valence-corrected chi connectivity index (χ4v) is 5.99. The van der Waals surface area contributed by atoms with Crippen molar-refractivity contribution in [2.24, 2.45) is 0 Å². The molecule has 0 aliphatic carbocycles. The van der Waals surface area contributed by atoms with Gasteiger partial charge in [-0.3, -0.25) is 5.10 Å². The molecule has 0 spiro atoms. The van der Waals surface area contributed by atoms with Crippen molar-refractivity contribution in [3.8, 4) is 11.9 Å². The highest BCUT2D eigenvalue weighted by molar-refractivity contribution is 7.91. The zero-order valence-electron chi connectivity index (χ0n) is 17.2. The number of nitrogens with one attached hydrogen (secondary N) is 1. The summed E-state index contributed by atoms with van der Waals surface area (Å²) in [6.07, 6.45) is 3.87. The number of H-pyrrole nitrogens is 1. The number of rotatable bonds is 3. The Morgan fingerprint density at radius 2 is 2.16 bits per heavy atom. The minimum atomic E-state index is -3.12. The zero-order chi connectivity index (χ0) is 21.6. The highest BCUT2D eigenvalue weighted by Gasteiger charge is 2.41. The molecule has 0 amide bonds. The summed E-state index contributed by atoms with van der Waals surface area (Å²) in [5, 5.41) is 22.4. The van der Waals surface area contributed by atoms with Crippen LogP contribution in [0.1, 0.15) is 25.3 Å². The first-order valence-corrected chi connectivity index (χ1v) is 12.1. The Morgan fingerprint density at radius 1 is 1.35 bits per heavy atom. The molecule has 5 heterocycles. The van der Waals surface area contributed by atoms with Gasteiger partial charge in [-0.25, -0.2) is 13.4 Å². The number of nitrogens with zero attached hydrogens (tertiary/aromatic N) is 6. The summed E-state index contributed by atoms with van der Waals surface area (Å²) in [5.74, 6) is 1.41. The molecule has 0 aromatic carbocycles. The first-order valence-electron chi connectivity index (χ1n) is 10.3. The summed E-state index contributed by atoms with van der Waals surface area (Å²) in [4.78, 5) is 7.08. The minimum Gasteiger partial charge on any atom is -0.377 e. The molecule has 3 aromatic heterocycles. The van der Waals surface area contributed by atoms with E-state index in [1.807, 2.05) is 6.07 Å². The van der Waals surface area contributed by atoms with Crippen LogP contribution >= 0.6 is 0 Å². The molecule has 1 N–H and O–H groups in total. The van der Waals surface area contributed by atoms with Crippen molar-refractivity contribution < 1.29 is 13.2 Å². The van der Waals surface area contributed by atoms with Crippen LogP contribution in [0.3, 0.4) is 0 Å². The molecule has 1 atom stereocenters. The summed E-state index contributed by atoms with van der Waals surface area (Å²) in [5.41, 5.74) is 0.492. The molecule has 3 aromatic rings. The maximum atomic E-state index is 12.1. The second-order valence-corrected chi connectivity index (χ2v) is 10.5. The third kappa shape index (κ3) is 3.36. The molecule has 0 bridgehead atoms. The van der Waals surface area contributed by atoms with E-state index in [9.17, 15) is 13.7 Å². The van der Waals surface area contributed by atoms with Crippen molar-refractivity contribution in [1.29, 1.82) is 5.26 Å².